The molecule has 1 heterocycles. The van der Waals surface area contributed by atoms with E-state index in [1.165, 1.54) is 25.8 Å². The molecule has 0 bridgehead atoms. The second-order valence-corrected chi connectivity index (χ2v) is 6.17. The zero-order valence-electron chi connectivity index (χ0n) is 10.4. The largest absolute Gasteiger partial charge is 0.295 e. The third-order valence-electron chi connectivity index (χ3n) is 5.51. The molecule has 1 aliphatic carbocycles. The van der Waals surface area contributed by atoms with Crippen molar-refractivity contribution in [1.29, 1.82) is 0 Å². The van der Waals surface area contributed by atoms with Crippen LogP contribution >= 0.6 is 0 Å². The van der Waals surface area contributed by atoms with Crippen LogP contribution < -0.4 is 0 Å². The van der Waals surface area contributed by atoms with Crippen LogP contribution in [-0.4, -0.2) is 23.0 Å². The van der Waals surface area contributed by atoms with Crippen LogP contribution in [0.15, 0.2) is 0 Å². The maximum absolute atomic E-state index is 2.75. The first kappa shape index (κ1) is 10.5. The maximum atomic E-state index is 2.75. The summed E-state index contributed by atoms with van der Waals surface area (Å²) in [4.78, 5) is 2.75. The standard InChI is InChI=1S/C13H25N/c1-10(2)14-9-8-12(4)11(3)6-7-13(12,14)5/h10-11H,6-9H2,1-5H3/t11?,12-,13+/m0/s1. The molecule has 0 N–H and O–H groups in total. The summed E-state index contributed by atoms with van der Waals surface area (Å²) in [7, 11) is 0. The lowest BCUT2D eigenvalue weighted by Crippen LogP contribution is -2.50. The zero-order valence-corrected chi connectivity index (χ0v) is 10.4. The molecule has 2 aliphatic rings. The highest BCUT2D eigenvalue weighted by molar-refractivity contribution is 5.13. The molecular formula is C13H25N. The molecule has 0 spiro atoms. The molecule has 14 heavy (non-hydrogen) atoms. The number of fused-ring (bicyclic) bond motifs is 1. The minimum Gasteiger partial charge on any atom is -0.295 e. The lowest BCUT2D eigenvalue weighted by molar-refractivity contribution is 0.0508. The predicted octanol–water partition coefficient (Wildman–Crippen LogP) is 3.30. The Balaban J connectivity index is 2.32. The van der Waals surface area contributed by atoms with E-state index in [1.54, 1.807) is 0 Å². The van der Waals surface area contributed by atoms with Crippen molar-refractivity contribution in [1.82, 2.24) is 4.90 Å². The Labute approximate surface area is 88.9 Å². The van der Waals surface area contributed by atoms with Gasteiger partial charge in [-0.3, -0.25) is 4.90 Å². The molecule has 1 saturated heterocycles. The second kappa shape index (κ2) is 2.98. The van der Waals surface area contributed by atoms with Gasteiger partial charge >= 0.3 is 0 Å². The predicted molar refractivity (Wildman–Crippen MR) is 61.4 cm³/mol. The van der Waals surface area contributed by atoms with Crippen molar-refractivity contribution >= 4 is 0 Å². The SMILES string of the molecule is CC(C)N1CC[C@@]2(C)C(C)CC[C@@]12C. The van der Waals surface area contributed by atoms with Crippen LogP contribution in [0, 0.1) is 11.3 Å². The fourth-order valence-electron chi connectivity index (χ4n) is 4.05. The van der Waals surface area contributed by atoms with Gasteiger partial charge in [0.05, 0.1) is 0 Å². The second-order valence-electron chi connectivity index (χ2n) is 6.17. The van der Waals surface area contributed by atoms with Gasteiger partial charge in [-0.2, -0.15) is 0 Å². The highest BCUT2D eigenvalue weighted by Gasteiger charge is 2.59. The molecule has 0 radical (unpaired) electrons. The lowest BCUT2D eigenvalue weighted by Gasteiger charge is -2.44. The van der Waals surface area contributed by atoms with Gasteiger partial charge < -0.3 is 0 Å². The fourth-order valence-corrected chi connectivity index (χ4v) is 4.05. The highest BCUT2D eigenvalue weighted by atomic mass is 15.3. The molecule has 0 aromatic rings. The first-order chi connectivity index (χ1) is 6.42. The Morgan fingerprint density at radius 1 is 1.21 bits per heavy atom. The van der Waals surface area contributed by atoms with Crippen molar-refractivity contribution in [2.75, 3.05) is 6.54 Å². The van der Waals surface area contributed by atoms with Crippen molar-refractivity contribution < 1.29 is 0 Å². The van der Waals surface area contributed by atoms with E-state index in [-0.39, 0.29) is 0 Å². The molecule has 1 nitrogen and oxygen atoms in total. The summed E-state index contributed by atoms with van der Waals surface area (Å²) < 4.78 is 0. The van der Waals surface area contributed by atoms with Crippen molar-refractivity contribution in [3.05, 3.63) is 0 Å². The molecule has 1 saturated carbocycles. The van der Waals surface area contributed by atoms with Crippen molar-refractivity contribution in [3.63, 3.8) is 0 Å². The molecular weight excluding hydrogens is 170 g/mol. The van der Waals surface area contributed by atoms with Gasteiger partial charge in [0, 0.05) is 11.6 Å². The first-order valence-electron chi connectivity index (χ1n) is 6.18. The Bertz CT molecular complexity index is 235. The molecule has 82 valence electrons. The van der Waals surface area contributed by atoms with Gasteiger partial charge in [-0.15, -0.1) is 0 Å². The fraction of sp³-hybridized carbons (Fsp3) is 1.00. The topological polar surface area (TPSA) is 3.24 Å². The van der Waals surface area contributed by atoms with Gasteiger partial charge in [-0.1, -0.05) is 13.8 Å². The third-order valence-corrected chi connectivity index (χ3v) is 5.51. The third kappa shape index (κ3) is 1.05. The van der Waals surface area contributed by atoms with E-state index in [9.17, 15) is 0 Å². The van der Waals surface area contributed by atoms with Crippen LogP contribution in [0.1, 0.15) is 53.9 Å². The van der Waals surface area contributed by atoms with Crippen LogP contribution in [0.4, 0.5) is 0 Å². The van der Waals surface area contributed by atoms with Crippen molar-refractivity contribution in [2.24, 2.45) is 11.3 Å². The minimum absolute atomic E-state index is 0.487. The van der Waals surface area contributed by atoms with Gasteiger partial charge in [0.25, 0.3) is 0 Å². The molecule has 1 unspecified atom stereocenters. The van der Waals surface area contributed by atoms with E-state index >= 15 is 0 Å². The van der Waals surface area contributed by atoms with E-state index in [0.717, 1.165) is 5.92 Å². The number of rotatable bonds is 1. The van der Waals surface area contributed by atoms with E-state index in [2.05, 4.69) is 39.5 Å². The molecule has 3 atom stereocenters. The number of likely N-dealkylation sites (tertiary alicyclic amines) is 1. The molecule has 2 rings (SSSR count). The molecule has 1 aliphatic heterocycles. The lowest BCUT2D eigenvalue weighted by atomic mass is 9.70. The molecule has 0 aromatic heterocycles. The smallest absolute Gasteiger partial charge is 0.0240 e. The molecule has 0 amide bonds. The summed E-state index contributed by atoms with van der Waals surface area (Å²) in [6.07, 6.45) is 4.24. The summed E-state index contributed by atoms with van der Waals surface area (Å²) >= 11 is 0. The molecule has 2 fully saturated rings. The van der Waals surface area contributed by atoms with E-state index < -0.39 is 0 Å². The zero-order chi connectivity index (χ0) is 10.6. The van der Waals surface area contributed by atoms with E-state index in [0.29, 0.717) is 17.0 Å². The Morgan fingerprint density at radius 3 is 2.43 bits per heavy atom. The van der Waals surface area contributed by atoms with E-state index in [1.807, 2.05) is 0 Å². The number of nitrogens with zero attached hydrogens (tertiary/aromatic N) is 1. The average Bonchev–Trinajstić information content (AvgIpc) is 2.47. The Hall–Kier alpha value is -0.0400. The Kier molecular flexibility index (Phi) is 2.23. The van der Waals surface area contributed by atoms with Crippen molar-refractivity contribution in [2.45, 2.75) is 65.5 Å². The first-order valence-corrected chi connectivity index (χ1v) is 6.18. The summed E-state index contributed by atoms with van der Waals surface area (Å²) in [5, 5.41) is 0. The highest BCUT2D eigenvalue weighted by Crippen LogP contribution is 2.59. The van der Waals surface area contributed by atoms with Crippen molar-refractivity contribution in [3.8, 4) is 0 Å². The number of hydrogen-bond donors (Lipinski definition) is 0. The van der Waals surface area contributed by atoms with Gasteiger partial charge in [-0.05, 0) is 57.9 Å². The van der Waals surface area contributed by atoms with Crippen LogP contribution in [-0.2, 0) is 0 Å². The summed E-state index contributed by atoms with van der Waals surface area (Å²) in [6.45, 7) is 13.5. The monoisotopic (exact) mass is 195 g/mol. The molecule has 0 aromatic carbocycles. The van der Waals surface area contributed by atoms with Crippen LogP contribution in [0.2, 0.25) is 0 Å². The summed E-state index contributed by atoms with van der Waals surface area (Å²) in [5.74, 6) is 0.913. The summed E-state index contributed by atoms with van der Waals surface area (Å²) in [5.41, 5.74) is 1.07. The average molecular weight is 195 g/mol. The van der Waals surface area contributed by atoms with Crippen LogP contribution in [0.3, 0.4) is 0 Å². The maximum Gasteiger partial charge on any atom is 0.0240 e. The van der Waals surface area contributed by atoms with Gasteiger partial charge in [0.2, 0.25) is 0 Å². The van der Waals surface area contributed by atoms with Crippen LogP contribution in [0.5, 0.6) is 0 Å². The summed E-state index contributed by atoms with van der Waals surface area (Å²) in [6, 6.07) is 0.715. The van der Waals surface area contributed by atoms with Crippen LogP contribution in [0.25, 0.3) is 0 Å². The normalized spacial score (nSPS) is 48.9. The van der Waals surface area contributed by atoms with Gasteiger partial charge in [-0.25, -0.2) is 0 Å². The quantitative estimate of drug-likeness (QED) is 0.620. The Morgan fingerprint density at radius 2 is 1.86 bits per heavy atom. The minimum atomic E-state index is 0.487. The number of hydrogen-bond acceptors (Lipinski definition) is 1. The van der Waals surface area contributed by atoms with Gasteiger partial charge in [0.1, 0.15) is 0 Å². The molecule has 1 heteroatoms. The van der Waals surface area contributed by atoms with E-state index in [4.69, 9.17) is 0 Å². The van der Waals surface area contributed by atoms with Gasteiger partial charge in [0.15, 0.2) is 0 Å².